The number of aliphatic imine (C=N–C) groups is 1. The zero-order valence-electron chi connectivity index (χ0n) is 16.0. The molecule has 1 aliphatic rings. The van der Waals surface area contributed by atoms with Crippen molar-refractivity contribution in [2.75, 3.05) is 26.1 Å². The van der Waals surface area contributed by atoms with Gasteiger partial charge in [-0.1, -0.05) is 24.3 Å². The first-order valence-electron chi connectivity index (χ1n) is 8.81. The van der Waals surface area contributed by atoms with Crippen molar-refractivity contribution in [1.29, 1.82) is 0 Å². The van der Waals surface area contributed by atoms with Crippen LogP contribution in [0, 0.1) is 0 Å². The number of nitrogens with one attached hydrogen (secondary N) is 3. The van der Waals surface area contributed by atoms with E-state index in [9.17, 15) is 14.4 Å². The van der Waals surface area contributed by atoms with E-state index in [0.717, 1.165) is 0 Å². The van der Waals surface area contributed by atoms with Crippen LogP contribution in [0.3, 0.4) is 0 Å². The van der Waals surface area contributed by atoms with Crippen molar-refractivity contribution < 1.29 is 19.1 Å². The van der Waals surface area contributed by atoms with E-state index in [-0.39, 0.29) is 18.3 Å². The number of carbonyl (C=O) groups is 3. The number of hydrogen-bond donors (Lipinski definition) is 4. The summed E-state index contributed by atoms with van der Waals surface area (Å²) < 4.78 is 5.20. The molecule has 0 saturated heterocycles. The molecule has 9 nitrogen and oxygen atoms in total. The topological polar surface area (TPSA) is 135 Å². The van der Waals surface area contributed by atoms with Crippen LogP contribution in [0.2, 0.25) is 0 Å². The Hall–Kier alpha value is -3.72. The second-order valence-electron chi connectivity index (χ2n) is 6.27. The molecule has 29 heavy (non-hydrogen) atoms. The summed E-state index contributed by atoms with van der Waals surface area (Å²) in [6.45, 7) is 0.0813. The van der Waals surface area contributed by atoms with Crippen molar-refractivity contribution in [1.82, 2.24) is 10.6 Å². The molecule has 1 unspecified atom stereocenters. The Kier molecular flexibility index (Phi) is 5.60. The van der Waals surface area contributed by atoms with Crippen molar-refractivity contribution in [3.05, 3.63) is 59.7 Å². The lowest BCUT2D eigenvalue weighted by molar-refractivity contribution is -0.123. The van der Waals surface area contributed by atoms with Gasteiger partial charge in [-0.25, -0.2) is 0 Å². The quantitative estimate of drug-likeness (QED) is 0.561. The van der Waals surface area contributed by atoms with E-state index in [0.29, 0.717) is 22.6 Å². The van der Waals surface area contributed by atoms with Crippen molar-refractivity contribution in [2.24, 2.45) is 10.7 Å². The molecule has 1 heterocycles. The number of methoxy groups -OCH3 is 1. The molecule has 0 aliphatic carbocycles. The molecule has 3 amide bonds. The van der Waals surface area contributed by atoms with Gasteiger partial charge in [0.1, 0.15) is 11.5 Å². The van der Waals surface area contributed by atoms with Gasteiger partial charge in [-0.2, -0.15) is 0 Å². The van der Waals surface area contributed by atoms with E-state index in [1.807, 2.05) is 0 Å². The molecule has 2 aromatic carbocycles. The predicted octanol–water partition coefficient (Wildman–Crippen LogP) is 0.376. The minimum absolute atomic E-state index is 0.00157. The highest BCUT2D eigenvalue weighted by atomic mass is 16.5. The second kappa shape index (κ2) is 8.11. The van der Waals surface area contributed by atoms with Crippen LogP contribution >= 0.6 is 0 Å². The molecule has 0 spiro atoms. The van der Waals surface area contributed by atoms with Crippen molar-refractivity contribution in [3.63, 3.8) is 0 Å². The summed E-state index contributed by atoms with van der Waals surface area (Å²) in [5.74, 6) is -1.13. The Balaban J connectivity index is 1.87. The number of anilines is 1. The first-order chi connectivity index (χ1) is 13.9. The molecule has 5 N–H and O–H groups in total. The lowest BCUT2D eigenvalue weighted by Gasteiger charge is -2.27. The van der Waals surface area contributed by atoms with Crippen molar-refractivity contribution in [3.8, 4) is 5.75 Å². The monoisotopic (exact) mass is 395 g/mol. The first-order valence-corrected chi connectivity index (χ1v) is 8.81. The second-order valence-corrected chi connectivity index (χ2v) is 6.27. The van der Waals surface area contributed by atoms with Gasteiger partial charge in [0.05, 0.1) is 19.3 Å². The number of primary amides is 1. The maximum Gasteiger partial charge on any atom is 0.267 e. The van der Waals surface area contributed by atoms with Crippen LogP contribution in [0.4, 0.5) is 5.69 Å². The number of benzene rings is 2. The SMILES string of the molecule is CNC(=O)C1=NCNC1(C(N)=O)c1ccc(NC(=O)c2ccccc2OC)cc1. The molecular formula is C20H21N5O4. The number of nitrogens with zero attached hydrogens (tertiary/aromatic N) is 1. The van der Waals surface area contributed by atoms with Crippen LogP contribution in [0.25, 0.3) is 0 Å². The molecule has 150 valence electrons. The lowest BCUT2D eigenvalue weighted by atomic mass is 9.84. The molecule has 1 atom stereocenters. The fourth-order valence-electron chi connectivity index (χ4n) is 3.22. The molecule has 0 saturated carbocycles. The van der Waals surface area contributed by atoms with E-state index in [1.165, 1.54) is 14.2 Å². The van der Waals surface area contributed by atoms with Crippen LogP contribution in [0.1, 0.15) is 15.9 Å². The van der Waals surface area contributed by atoms with E-state index in [4.69, 9.17) is 10.5 Å². The molecule has 0 bridgehead atoms. The molecular weight excluding hydrogens is 374 g/mol. The number of rotatable bonds is 6. The van der Waals surface area contributed by atoms with Gasteiger partial charge in [-0.05, 0) is 29.8 Å². The van der Waals surface area contributed by atoms with Gasteiger partial charge in [-0.3, -0.25) is 24.7 Å². The van der Waals surface area contributed by atoms with E-state index in [2.05, 4.69) is 20.9 Å². The Bertz CT molecular complexity index is 987. The summed E-state index contributed by atoms with van der Waals surface area (Å²) in [6, 6.07) is 13.3. The van der Waals surface area contributed by atoms with Gasteiger partial charge < -0.3 is 21.1 Å². The first kappa shape index (κ1) is 20.0. The van der Waals surface area contributed by atoms with Crippen LogP contribution < -0.4 is 26.4 Å². The minimum atomic E-state index is -1.54. The average molecular weight is 395 g/mol. The summed E-state index contributed by atoms with van der Waals surface area (Å²) in [4.78, 5) is 41.1. The van der Waals surface area contributed by atoms with Gasteiger partial charge in [0.15, 0.2) is 5.54 Å². The third-order valence-electron chi connectivity index (χ3n) is 4.68. The van der Waals surface area contributed by atoms with Gasteiger partial charge in [0.2, 0.25) is 5.91 Å². The third-order valence-corrected chi connectivity index (χ3v) is 4.68. The highest BCUT2D eigenvalue weighted by Crippen LogP contribution is 2.28. The van der Waals surface area contributed by atoms with Crippen LogP contribution in [-0.2, 0) is 15.1 Å². The highest BCUT2D eigenvalue weighted by Gasteiger charge is 2.49. The fraction of sp³-hybridized carbons (Fsp3) is 0.200. The number of nitrogens with two attached hydrogens (primary N) is 1. The number of para-hydroxylation sites is 1. The fourth-order valence-corrected chi connectivity index (χ4v) is 3.22. The van der Waals surface area contributed by atoms with Crippen LogP contribution in [0.15, 0.2) is 53.5 Å². The minimum Gasteiger partial charge on any atom is -0.496 e. The largest absolute Gasteiger partial charge is 0.496 e. The third kappa shape index (κ3) is 3.55. The number of carbonyl (C=O) groups excluding carboxylic acids is 3. The summed E-state index contributed by atoms with van der Waals surface area (Å²) in [6.07, 6.45) is 0. The predicted molar refractivity (Wildman–Crippen MR) is 108 cm³/mol. The number of ether oxygens (including phenoxy) is 1. The Morgan fingerprint density at radius 3 is 2.41 bits per heavy atom. The lowest BCUT2D eigenvalue weighted by Crippen LogP contribution is -2.58. The molecule has 0 radical (unpaired) electrons. The van der Waals surface area contributed by atoms with Crippen molar-refractivity contribution >= 4 is 29.1 Å². The molecule has 9 heteroatoms. The normalized spacial score (nSPS) is 17.9. The maximum atomic E-state index is 12.5. The summed E-state index contributed by atoms with van der Waals surface area (Å²) >= 11 is 0. The number of hydrogen-bond acceptors (Lipinski definition) is 6. The molecule has 0 fully saturated rings. The molecule has 1 aliphatic heterocycles. The van der Waals surface area contributed by atoms with E-state index in [1.54, 1.807) is 48.5 Å². The van der Waals surface area contributed by atoms with Crippen LogP contribution in [0.5, 0.6) is 5.75 Å². The zero-order chi connectivity index (χ0) is 21.0. The smallest absolute Gasteiger partial charge is 0.267 e. The Morgan fingerprint density at radius 2 is 1.79 bits per heavy atom. The van der Waals surface area contributed by atoms with Gasteiger partial charge in [0, 0.05) is 12.7 Å². The molecule has 3 rings (SSSR count). The standard InChI is InChI=1S/C20H21N5O4/c1-22-18(27)16-20(19(21)28,24-11-23-16)12-7-9-13(10-8-12)25-17(26)14-5-3-4-6-15(14)29-2/h3-10,24H,11H2,1-2H3,(H2,21,28)(H,22,27)(H,25,26). The Morgan fingerprint density at radius 1 is 1.10 bits per heavy atom. The summed E-state index contributed by atoms with van der Waals surface area (Å²) in [5, 5.41) is 8.15. The van der Waals surface area contributed by atoms with Gasteiger partial charge in [0.25, 0.3) is 11.8 Å². The van der Waals surface area contributed by atoms with Gasteiger partial charge >= 0.3 is 0 Å². The molecule has 0 aromatic heterocycles. The van der Waals surface area contributed by atoms with Crippen LogP contribution in [-0.4, -0.2) is 44.3 Å². The zero-order valence-corrected chi connectivity index (χ0v) is 16.0. The number of amides is 3. The maximum absolute atomic E-state index is 12.5. The summed E-state index contributed by atoms with van der Waals surface area (Å²) in [5.41, 5.74) is 5.42. The van der Waals surface area contributed by atoms with E-state index >= 15 is 0 Å². The Labute approximate surface area is 167 Å². The van der Waals surface area contributed by atoms with Crippen molar-refractivity contribution in [2.45, 2.75) is 5.54 Å². The highest BCUT2D eigenvalue weighted by molar-refractivity contribution is 6.47. The van der Waals surface area contributed by atoms with E-state index < -0.39 is 17.4 Å². The van der Waals surface area contributed by atoms with Gasteiger partial charge in [-0.15, -0.1) is 0 Å². The molecule has 2 aromatic rings. The summed E-state index contributed by atoms with van der Waals surface area (Å²) in [7, 11) is 2.94. The average Bonchev–Trinajstić information content (AvgIpc) is 3.20.